The lowest BCUT2D eigenvalue weighted by atomic mass is 10.0. The summed E-state index contributed by atoms with van der Waals surface area (Å²) in [6.45, 7) is 3.29. The van der Waals surface area contributed by atoms with Crippen LogP contribution in [0.25, 0.3) is 0 Å². The van der Waals surface area contributed by atoms with Crippen LogP contribution >= 0.6 is 11.3 Å². The van der Waals surface area contributed by atoms with E-state index < -0.39 is 0 Å². The van der Waals surface area contributed by atoms with Gasteiger partial charge in [0, 0.05) is 18.0 Å². The minimum Gasteiger partial charge on any atom is -0.320 e. The third-order valence-electron chi connectivity index (χ3n) is 3.94. The fraction of sp³-hybridized carbons (Fsp3) is 0.412. The molecule has 0 unspecified atom stereocenters. The van der Waals surface area contributed by atoms with Crippen LogP contribution in [0.4, 0.5) is 9.93 Å². The van der Waals surface area contributed by atoms with E-state index in [2.05, 4.69) is 10.3 Å². The number of carbonyl (C=O) groups is 1. The molecule has 22 heavy (non-hydrogen) atoms. The minimum absolute atomic E-state index is 0.0718. The number of nitrogens with one attached hydrogen (secondary N) is 1. The number of thiazole rings is 1. The third kappa shape index (κ3) is 3.47. The first-order valence-electron chi connectivity index (χ1n) is 7.84. The molecular weight excluding hydrogens is 294 g/mol. The molecular formula is C17H21N3OS. The van der Waals surface area contributed by atoms with Crippen molar-refractivity contribution in [2.24, 2.45) is 0 Å². The highest BCUT2D eigenvalue weighted by atomic mass is 32.1. The largest absolute Gasteiger partial charge is 0.323 e. The molecule has 0 radical (unpaired) electrons. The molecule has 0 spiro atoms. The number of fused-ring (bicyclic) bond motifs is 1. The Hall–Kier alpha value is -1.88. The van der Waals surface area contributed by atoms with Gasteiger partial charge in [-0.05, 0) is 38.2 Å². The Bertz CT molecular complexity index is 615. The molecule has 0 fully saturated rings. The second-order valence-corrected chi connectivity index (χ2v) is 6.61. The Kier molecular flexibility index (Phi) is 4.73. The summed E-state index contributed by atoms with van der Waals surface area (Å²) in [5.41, 5.74) is 2.32. The minimum atomic E-state index is -0.0718. The maximum Gasteiger partial charge on any atom is 0.323 e. The number of aryl methyl sites for hydroxylation is 2. The Labute approximate surface area is 135 Å². The van der Waals surface area contributed by atoms with Gasteiger partial charge in [0.15, 0.2) is 5.13 Å². The fourth-order valence-corrected chi connectivity index (χ4v) is 3.75. The Balaban J connectivity index is 1.65. The van der Waals surface area contributed by atoms with E-state index in [9.17, 15) is 4.79 Å². The zero-order valence-corrected chi connectivity index (χ0v) is 13.7. The van der Waals surface area contributed by atoms with Crippen molar-refractivity contribution in [3.05, 3.63) is 46.5 Å². The van der Waals surface area contributed by atoms with E-state index in [0.717, 1.165) is 23.5 Å². The number of rotatable bonds is 4. The van der Waals surface area contributed by atoms with Crippen molar-refractivity contribution in [1.29, 1.82) is 0 Å². The number of hydrogen-bond donors (Lipinski definition) is 1. The molecule has 1 aliphatic carbocycles. The van der Waals surface area contributed by atoms with Crippen molar-refractivity contribution in [3.8, 4) is 0 Å². The van der Waals surface area contributed by atoms with Crippen LogP contribution in [-0.4, -0.2) is 22.5 Å². The summed E-state index contributed by atoms with van der Waals surface area (Å²) in [5.74, 6) is 0. The molecule has 3 rings (SSSR count). The summed E-state index contributed by atoms with van der Waals surface area (Å²) in [7, 11) is 0. The first-order valence-corrected chi connectivity index (χ1v) is 8.66. The normalized spacial score (nSPS) is 13.5. The predicted octanol–water partition coefficient (Wildman–Crippen LogP) is 4.08. The van der Waals surface area contributed by atoms with Crippen molar-refractivity contribution in [1.82, 2.24) is 9.88 Å². The summed E-state index contributed by atoms with van der Waals surface area (Å²) in [6, 6.07) is 9.99. The van der Waals surface area contributed by atoms with E-state index in [1.54, 1.807) is 16.2 Å². The predicted molar refractivity (Wildman–Crippen MR) is 90.3 cm³/mol. The molecule has 116 valence electrons. The topological polar surface area (TPSA) is 45.2 Å². The van der Waals surface area contributed by atoms with Gasteiger partial charge < -0.3 is 4.90 Å². The average Bonchev–Trinajstić information content (AvgIpc) is 2.95. The zero-order chi connectivity index (χ0) is 15.4. The molecule has 2 amide bonds. The quantitative estimate of drug-likeness (QED) is 0.924. The smallest absolute Gasteiger partial charge is 0.320 e. The van der Waals surface area contributed by atoms with Gasteiger partial charge in [0.25, 0.3) is 0 Å². The first kappa shape index (κ1) is 15.0. The molecule has 0 bridgehead atoms. The van der Waals surface area contributed by atoms with E-state index in [1.807, 2.05) is 37.3 Å². The number of aromatic nitrogens is 1. The zero-order valence-electron chi connectivity index (χ0n) is 12.8. The first-order chi connectivity index (χ1) is 10.8. The molecule has 1 N–H and O–H groups in total. The van der Waals surface area contributed by atoms with Crippen molar-refractivity contribution < 1.29 is 4.79 Å². The second-order valence-electron chi connectivity index (χ2n) is 5.53. The Morgan fingerprint density at radius 2 is 2.05 bits per heavy atom. The van der Waals surface area contributed by atoms with Crippen molar-refractivity contribution in [2.45, 2.75) is 39.2 Å². The summed E-state index contributed by atoms with van der Waals surface area (Å²) >= 11 is 1.63. The fourth-order valence-electron chi connectivity index (χ4n) is 2.71. The number of anilines is 1. The number of carbonyl (C=O) groups excluding carboxylic acids is 1. The average molecular weight is 315 g/mol. The lowest BCUT2D eigenvalue weighted by molar-refractivity contribution is 0.212. The van der Waals surface area contributed by atoms with E-state index in [1.165, 1.54) is 23.4 Å². The van der Waals surface area contributed by atoms with Crippen LogP contribution in [-0.2, 0) is 19.4 Å². The van der Waals surface area contributed by atoms with E-state index in [0.29, 0.717) is 13.1 Å². The number of nitrogens with zero attached hydrogens (tertiary/aromatic N) is 2. The summed E-state index contributed by atoms with van der Waals surface area (Å²) < 4.78 is 0. The Morgan fingerprint density at radius 3 is 2.77 bits per heavy atom. The van der Waals surface area contributed by atoms with Gasteiger partial charge >= 0.3 is 6.03 Å². The maximum atomic E-state index is 12.4. The molecule has 0 saturated carbocycles. The standard InChI is InChI=1S/C17H21N3OS/c1-2-20(12-13-8-4-3-5-9-13)17(21)19-16-18-14-10-6-7-11-15(14)22-16/h3-5,8-9H,2,6-7,10-12H2,1H3,(H,18,19,21). The van der Waals surface area contributed by atoms with Crippen molar-refractivity contribution in [3.63, 3.8) is 0 Å². The van der Waals surface area contributed by atoms with Crippen LogP contribution in [0, 0.1) is 0 Å². The van der Waals surface area contributed by atoms with Crippen LogP contribution in [0.2, 0.25) is 0 Å². The number of urea groups is 1. The SMILES string of the molecule is CCN(Cc1ccccc1)C(=O)Nc1nc2c(s1)CCCC2. The van der Waals surface area contributed by atoms with Gasteiger partial charge in [-0.25, -0.2) is 9.78 Å². The molecule has 4 nitrogen and oxygen atoms in total. The van der Waals surface area contributed by atoms with Crippen LogP contribution in [0.3, 0.4) is 0 Å². The van der Waals surface area contributed by atoms with Gasteiger partial charge in [0.2, 0.25) is 0 Å². The van der Waals surface area contributed by atoms with Gasteiger partial charge in [0.1, 0.15) is 0 Å². The number of benzene rings is 1. The van der Waals surface area contributed by atoms with Gasteiger partial charge in [-0.1, -0.05) is 30.3 Å². The monoisotopic (exact) mass is 315 g/mol. The highest BCUT2D eigenvalue weighted by Crippen LogP contribution is 2.29. The van der Waals surface area contributed by atoms with Crippen LogP contribution in [0.5, 0.6) is 0 Å². The van der Waals surface area contributed by atoms with E-state index in [4.69, 9.17) is 0 Å². The molecule has 1 aromatic carbocycles. The molecule has 5 heteroatoms. The molecule has 1 aliphatic rings. The van der Waals surface area contributed by atoms with Crippen LogP contribution in [0.1, 0.15) is 35.9 Å². The molecule has 2 aromatic rings. The maximum absolute atomic E-state index is 12.4. The summed E-state index contributed by atoms with van der Waals surface area (Å²) in [4.78, 5) is 20.2. The van der Waals surface area contributed by atoms with Crippen LogP contribution < -0.4 is 5.32 Å². The van der Waals surface area contributed by atoms with Crippen molar-refractivity contribution >= 4 is 22.5 Å². The van der Waals surface area contributed by atoms with Gasteiger partial charge in [-0.3, -0.25) is 5.32 Å². The third-order valence-corrected chi connectivity index (χ3v) is 5.02. The lowest BCUT2D eigenvalue weighted by Gasteiger charge is -2.20. The highest BCUT2D eigenvalue weighted by molar-refractivity contribution is 7.15. The summed E-state index contributed by atoms with van der Waals surface area (Å²) in [6.07, 6.45) is 4.59. The van der Waals surface area contributed by atoms with Crippen LogP contribution in [0.15, 0.2) is 30.3 Å². The molecule has 1 heterocycles. The van der Waals surface area contributed by atoms with Crippen molar-refractivity contribution in [2.75, 3.05) is 11.9 Å². The van der Waals surface area contributed by atoms with E-state index >= 15 is 0 Å². The molecule has 1 aromatic heterocycles. The number of amides is 2. The summed E-state index contributed by atoms with van der Waals surface area (Å²) in [5, 5.41) is 3.70. The van der Waals surface area contributed by atoms with E-state index in [-0.39, 0.29) is 6.03 Å². The van der Waals surface area contributed by atoms with Gasteiger partial charge in [-0.2, -0.15) is 0 Å². The van der Waals surface area contributed by atoms with Gasteiger partial charge in [0.05, 0.1) is 5.69 Å². The second kappa shape index (κ2) is 6.92. The highest BCUT2D eigenvalue weighted by Gasteiger charge is 2.18. The Morgan fingerprint density at radius 1 is 1.27 bits per heavy atom. The van der Waals surface area contributed by atoms with Gasteiger partial charge in [-0.15, -0.1) is 11.3 Å². The molecule has 0 saturated heterocycles. The number of hydrogen-bond acceptors (Lipinski definition) is 3. The molecule has 0 aliphatic heterocycles. The lowest BCUT2D eigenvalue weighted by Crippen LogP contribution is -2.34. The molecule has 0 atom stereocenters.